The van der Waals surface area contributed by atoms with Crippen molar-refractivity contribution in [3.8, 4) is 0 Å². The molecule has 6 heavy (non-hydrogen) atoms. The van der Waals surface area contributed by atoms with Crippen LogP contribution < -0.4 is 0 Å². The maximum absolute atomic E-state index is 8.00. The Hall–Kier alpha value is 0.464. The fraction of sp³-hybridized carbons (Fsp3) is 1.00. The average Bonchev–Trinajstić information content (AvgIpc) is 1.46. The molecule has 0 saturated heterocycles. The Morgan fingerprint density at radius 1 is 1.67 bits per heavy atom. The van der Waals surface area contributed by atoms with E-state index < -0.39 is 0 Å². The maximum atomic E-state index is 8.00. The molecule has 0 aliphatic rings. The van der Waals surface area contributed by atoms with Crippen LogP contribution >= 0.6 is 0 Å². The van der Waals surface area contributed by atoms with Crippen molar-refractivity contribution in [1.29, 1.82) is 0 Å². The van der Waals surface area contributed by atoms with Gasteiger partial charge in [-0.3, -0.25) is 0 Å². The predicted octanol–water partition coefficient (Wildman–Crippen LogP) is -0.143. The fourth-order valence-electron chi connectivity index (χ4n) is 0. The third-order valence-electron chi connectivity index (χ3n) is 0. The Morgan fingerprint density at radius 3 is 1.67 bits per heavy atom. The molecule has 0 bridgehead atoms. The van der Waals surface area contributed by atoms with Crippen molar-refractivity contribution in [3.63, 3.8) is 0 Å². The molecule has 0 fully saturated rings. The van der Waals surface area contributed by atoms with E-state index >= 15 is 0 Å². The average molecular weight is 167 g/mol. The summed E-state index contributed by atoms with van der Waals surface area (Å²) in [6.07, 6.45) is 0. The van der Waals surface area contributed by atoms with Crippen LogP contribution in [0.5, 0.6) is 0 Å². The molecule has 0 saturated carbocycles. The summed E-state index contributed by atoms with van der Waals surface area (Å²) in [5, 5.41) is 16.0. The first-order valence-corrected chi connectivity index (χ1v) is 0.812. The van der Waals surface area contributed by atoms with Crippen LogP contribution in [0.15, 0.2) is 5.34 Å². The van der Waals surface area contributed by atoms with Gasteiger partial charge in [-0.05, 0) is 0 Å². The van der Waals surface area contributed by atoms with Gasteiger partial charge in [0.25, 0.3) is 0 Å². The van der Waals surface area contributed by atoms with Crippen LogP contribution in [0.25, 0.3) is 0 Å². The zero-order valence-corrected chi connectivity index (χ0v) is 6.13. The van der Waals surface area contributed by atoms with Crippen molar-refractivity contribution in [1.82, 2.24) is 0 Å². The molecule has 1 N–H and O–H groups in total. The number of aliphatic hydroxyl groups is 1. The van der Waals surface area contributed by atoms with Crippen LogP contribution in [0.1, 0.15) is 0 Å². The summed E-state index contributed by atoms with van der Waals surface area (Å²) in [5.41, 5.74) is 0. The van der Waals surface area contributed by atoms with Crippen molar-refractivity contribution in [2.75, 3.05) is 7.11 Å². The van der Waals surface area contributed by atoms with Gasteiger partial charge < -0.3 is 15.2 Å². The molecule has 0 unspecified atom stereocenters. The molecule has 35 valence electrons. The second kappa shape index (κ2) is 50.8. The molecular formula is CH4NO3Y-. The van der Waals surface area contributed by atoms with Gasteiger partial charge in [-0.1, -0.05) is 0 Å². The molecule has 0 amide bonds. The summed E-state index contributed by atoms with van der Waals surface area (Å²) in [4.78, 5) is 8.00. The molecule has 0 aliphatic heterocycles. The van der Waals surface area contributed by atoms with E-state index in [1.165, 1.54) is 0 Å². The molecule has 5 heteroatoms. The van der Waals surface area contributed by atoms with Crippen molar-refractivity contribution >= 4 is 0 Å². The fourth-order valence-corrected chi connectivity index (χ4v) is 0. The molecule has 0 atom stereocenters. The molecule has 0 aromatic carbocycles. The number of hydrogen-bond donors (Lipinski definition) is 1. The smallest absolute Gasteiger partial charge is 0.0319 e. The first-order valence-electron chi connectivity index (χ1n) is 0.812. The van der Waals surface area contributed by atoms with Gasteiger partial charge in [-0.2, -0.15) is 0 Å². The summed E-state index contributed by atoms with van der Waals surface area (Å²) >= 11 is 0. The monoisotopic (exact) mass is 167 g/mol. The second-order valence-electron chi connectivity index (χ2n) is 0.0745. The second-order valence-corrected chi connectivity index (χ2v) is 0.0745. The minimum atomic E-state index is 0. The number of hydrogen-bond acceptors (Lipinski definition) is 4. The topological polar surface area (TPSA) is 72.7 Å². The molecule has 0 heterocycles. The molecule has 1 radical (unpaired) electrons. The zero-order chi connectivity index (χ0) is 4.71. The van der Waals surface area contributed by atoms with E-state index in [0.717, 1.165) is 12.4 Å². The van der Waals surface area contributed by atoms with E-state index in [4.69, 9.17) is 15.2 Å². The third kappa shape index (κ3) is 249. The minimum absolute atomic E-state index is 0. The summed E-state index contributed by atoms with van der Waals surface area (Å²) in [6.45, 7) is 0. The van der Waals surface area contributed by atoms with Crippen LogP contribution in [0.3, 0.4) is 0 Å². The Bertz CT molecular complexity index is 18.3. The first kappa shape index (κ1) is 16.1. The number of rotatable bonds is 0. The molecule has 0 aromatic heterocycles. The van der Waals surface area contributed by atoms with Crippen LogP contribution in [0.2, 0.25) is 0 Å². The summed E-state index contributed by atoms with van der Waals surface area (Å²) in [7, 11) is 1.00. The van der Waals surface area contributed by atoms with E-state index in [9.17, 15) is 0 Å². The molecular weight excluding hydrogens is 163 g/mol. The minimum Gasteiger partial charge on any atom is -0.444 e. The maximum Gasteiger partial charge on any atom is 0.0319 e. The van der Waals surface area contributed by atoms with Crippen LogP contribution in [0.4, 0.5) is 0 Å². The Kier molecular flexibility index (Phi) is 136. The Labute approximate surface area is 60.4 Å². The standard InChI is InChI=1S/CH4O.HNO2.Y/c1-2;2-1-3;/h2H,1H3;(H,2,3);/p-1. The van der Waals surface area contributed by atoms with Crippen LogP contribution in [-0.4, -0.2) is 12.2 Å². The Balaban J connectivity index is -0.0000000275. The van der Waals surface area contributed by atoms with Crippen molar-refractivity contribution in [3.05, 3.63) is 10.1 Å². The van der Waals surface area contributed by atoms with E-state index in [2.05, 4.69) is 0 Å². The van der Waals surface area contributed by atoms with Gasteiger partial charge in [0.05, 0.1) is 0 Å². The van der Waals surface area contributed by atoms with Gasteiger partial charge >= 0.3 is 0 Å². The molecule has 0 aliphatic carbocycles. The summed E-state index contributed by atoms with van der Waals surface area (Å²) < 4.78 is 0. The third-order valence-corrected chi connectivity index (χ3v) is 0. The van der Waals surface area contributed by atoms with Gasteiger partial charge in [0.2, 0.25) is 0 Å². The summed E-state index contributed by atoms with van der Waals surface area (Å²) in [6, 6.07) is 0. The van der Waals surface area contributed by atoms with E-state index in [-0.39, 0.29) is 32.7 Å². The molecule has 4 nitrogen and oxygen atoms in total. The molecule has 0 rings (SSSR count). The number of nitrogens with zero attached hydrogens (tertiary/aromatic N) is 1. The van der Waals surface area contributed by atoms with Crippen LogP contribution in [0, 0.1) is 10.1 Å². The zero-order valence-electron chi connectivity index (χ0n) is 3.29. The van der Waals surface area contributed by atoms with Gasteiger partial charge in [-0.25, -0.2) is 0 Å². The summed E-state index contributed by atoms with van der Waals surface area (Å²) in [5.74, 6) is 0. The normalized spacial score (nSPS) is 3.00. The van der Waals surface area contributed by atoms with Crippen molar-refractivity contribution < 1.29 is 37.8 Å². The van der Waals surface area contributed by atoms with Crippen LogP contribution in [-0.2, 0) is 32.7 Å². The number of aliphatic hydroxyl groups excluding tert-OH is 1. The molecule has 0 spiro atoms. The first-order chi connectivity index (χ1) is 2.41. The van der Waals surface area contributed by atoms with E-state index in [1.807, 2.05) is 0 Å². The van der Waals surface area contributed by atoms with Gasteiger partial charge in [0.1, 0.15) is 0 Å². The van der Waals surface area contributed by atoms with E-state index in [0.29, 0.717) is 0 Å². The van der Waals surface area contributed by atoms with E-state index in [1.54, 1.807) is 0 Å². The quantitative estimate of drug-likeness (QED) is 0.403. The van der Waals surface area contributed by atoms with Crippen molar-refractivity contribution in [2.45, 2.75) is 0 Å². The van der Waals surface area contributed by atoms with Gasteiger partial charge in [-0.15, -0.1) is 5.34 Å². The molecule has 0 aromatic rings. The largest absolute Gasteiger partial charge is 0.444 e. The predicted molar refractivity (Wildman–Crippen MR) is 17.3 cm³/mol. The van der Waals surface area contributed by atoms with Gasteiger partial charge in [0.15, 0.2) is 0 Å². The van der Waals surface area contributed by atoms with Crippen molar-refractivity contribution in [2.24, 2.45) is 5.34 Å². The SMILES string of the molecule is CO.O=N[O-].[Y]. The van der Waals surface area contributed by atoms with Gasteiger partial charge in [0, 0.05) is 39.8 Å². The Morgan fingerprint density at radius 2 is 1.67 bits per heavy atom.